The Morgan fingerprint density at radius 2 is 1.56 bits per heavy atom. The molecule has 0 aliphatic rings. The zero-order chi connectivity index (χ0) is 12.6. The minimum atomic E-state index is -0.966. The van der Waals surface area contributed by atoms with E-state index in [1.165, 1.54) is 4.90 Å². The fraction of sp³-hybridized carbons (Fsp3) is 0.700. The first-order valence-corrected chi connectivity index (χ1v) is 5.18. The molecule has 0 radical (unpaired) electrons. The highest BCUT2D eigenvalue weighted by Crippen LogP contribution is 2.00. The summed E-state index contributed by atoms with van der Waals surface area (Å²) in [4.78, 5) is 33.4. The van der Waals surface area contributed by atoms with Gasteiger partial charge in [0.05, 0.1) is 6.42 Å². The van der Waals surface area contributed by atoms with Gasteiger partial charge >= 0.3 is 11.9 Å². The number of carbonyl (C=O) groups is 3. The van der Waals surface area contributed by atoms with Gasteiger partial charge in [0.15, 0.2) is 0 Å². The maximum atomic E-state index is 11.4. The standard InChI is InChI=1S/C10H17NO5/c1-2-8(12)11(7-5-10(15)16)6-3-4-9(13)14/h2-7H2,1H3,(H,13,14)(H,15,16). The fourth-order valence-corrected chi connectivity index (χ4v) is 1.24. The molecule has 0 aromatic heterocycles. The number of carboxylic acids is 2. The Bertz CT molecular complexity index is 264. The van der Waals surface area contributed by atoms with E-state index in [1.54, 1.807) is 6.92 Å². The van der Waals surface area contributed by atoms with Crippen molar-refractivity contribution in [1.82, 2.24) is 4.90 Å². The van der Waals surface area contributed by atoms with Crippen LogP contribution in [0.4, 0.5) is 0 Å². The molecule has 92 valence electrons. The summed E-state index contributed by atoms with van der Waals surface area (Å²) in [6, 6.07) is 0. The summed E-state index contributed by atoms with van der Waals surface area (Å²) in [5, 5.41) is 16.9. The number of carboxylic acid groups (broad SMARTS) is 2. The molecule has 0 spiro atoms. The molecule has 2 N–H and O–H groups in total. The van der Waals surface area contributed by atoms with E-state index in [1.807, 2.05) is 0 Å². The third-order valence-electron chi connectivity index (χ3n) is 2.07. The van der Waals surface area contributed by atoms with Crippen molar-refractivity contribution in [2.24, 2.45) is 0 Å². The Morgan fingerprint density at radius 1 is 1.00 bits per heavy atom. The van der Waals surface area contributed by atoms with E-state index in [0.717, 1.165) is 0 Å². The van der Waals surface area contributed by atoms with Crippen molar-refractivity contribution >= 4 is 17.8 Å². The number of aliphatic carboxylic acids is 2. The molecule has 6 heteroatoms. The third-order valence-corrected chi connectivity index (χ3v) is 2.07. The third kappa shape index (κ3) is 6.80. The molecule has 0 rings (SSSR count). The first-order valence-electron chi connectivity index (χ1n) is 5.18. The van der Waals surface area contributed by atoms with Crippen molar-refractivity contribution in [3.8, 4) is 0 Å². The van der Waals surface area contributed by atoms with Crippen molar-refractivity contribution in [3.63, 3.8) is 0 Å². The molecule has 16 heavy (non-hydrogen) atoms. The van der Waals surface area contributed by atoms with Crippen molar-refractivity contribution < 1.29 is 24.6 Å². The quantitative estimate of drug-likeness (QED) is 0.636. The van der Waals surface area contributed by atoms with E-state index in [2.05, 4.69) is 0 Å². The Labute approximate surface area is 93.9 Å². The molecule has 0 saturated carbocycles. The van der Waals surface area contributed by atoms with Gasteiger partial charge in [-0.3, -0.25) is 14.4 Å². The number of nitrogens with zero attached hydrogens (tertiary/aromatic N) is 1. The first-order chi connectivity index (χ1) is 7.47. The lowest BCUT2D eigenvalue weighted by Crippen LogP contribution is -2.33. The Kier molecular flexibility index (Phi) is 6.91. The Balaban J connectivity index is 4.05. The molecule has 0 aliphatic heterocycles. The minimum Gasteiger partial charge on any atom is -0.481 e. The molecule has 1 amide bonds. The maximum absolute atomic E-state index is 11.4. The summed E-state index contributed by atoms with van der Waals surface area (Å²) >= 11 is 0. The second-order valence-electron chi connectivity index (χ2n) is 3.38. The average molecular weight is 231 g/mol. The van der Waals surface area contributed by atoms with Crippen LogP contribution in [0.1, 0.15) is 32.6 Å². The highest BCUT2D eigenvalue weighted by atomic mass is 16.4. The average Bonchev–Trinajstić information content (AvgIpc) is 2.21. The number of hydrogen-bond acceptors (Lipinski definition) is 3. The minimum absolute atomic E-state index is 0.0133. The van der Waals surface area contributed by atoms with Gasteiger partial charge in [0, 0.05) is 25.9 Å². The van der Waals surface area contributed by atoms with Crippen LogP contribution in [0.25, 0.3) is 0 Å². The molecule has 6 nitrogen and oxygen atoms in total. The van der Waals surface area contributed by atoms with Crippen LogP contribution in [0.5, 0.6) is 0 Å². The van der Waals surface area contributed by atoms with Gasteiger partial charge in [-0.1, -0.05) is 6.92 Å². The van der Waals surface area contributed by atoms with E-state index >= 15 is 0 Å². The van der Waals surface area contributed by atoms with E-state index in [9.17, 15) is 14.4 Å². The molecule has 0 fully saturated rings. The molecule has 0 heterocycles. The van der Waals surface area contributed by atoms with Crippen molar-refractivity contribution in [2.75, 3.05) is 13.1 Å². The molecular weight excluding hydrogens is 214 g/mol. The number of hydrogen-bond donors (Lipinski definition) is 2. The molecule has 0 unspecified atom stereocenters. The Morgan fingerprint density at radius 3 is 2.00 bits per heavy atom. The lowest BCUT2D eigenvalue weighted by molar-refractivity contribution is -0.140. The van der Waals surface area contributed by atoms with Crippen molar-refractivity contribution in [3.05, 3.63) is 0 Å². The monoisotopic (exact) mass is 231 g/mol. The van der Waals surface area contributed by atoms with Crippen molar-refractivity contribution in [2.45, 2.75) is 32.6 Å². The summed E-state index contributed by atoms with van der Waals surface area (Å²) in [7, 11) is 0. The molecular formula is C10H17NO5. The fourth-order valence-electron chi connectivity index (χ4n) is 1.24. The number of carbonyl (C=O) groups excluding carboxylic acids is 1. The first kappa shape index (κ1) is 14.4. The van der Waals surface area contributed by atoms with Crippen LogP contribution in [0.2, 0.25) is 0 Å². The maximum Gasteiger partial charge on any atom is 0.305 e. The van der Waals surface area contributed by atoms with Gasteiger partial charge in [-0.15, -0.1) is 0 Å². The molecule has 0 saturated heterocycles. The van der Waals surface area contributed by atoms with E-state index < -0.39 is 11.9 Å². The smallest absolute Gasteiger partial charge is 0.305 e. The molecule has 0 aromatic carbocycles. The normalized spacial score (nSPS) is 9.81. The summed E-state index contributed by atoms with van der Waals surface area (Å²) in [6.07, 6.45) is 0.521. The Hall–Kier alpha value is -1.59. The van der Waals surface area contributed by atoms with Gasteiger partial charge < -0.3 is 15.1 Å². The van der Waals surface area contributed by atoms with Crippen LogP contribution in [-0.2, 0) is 14.4 Å². The lowest BCUT2D eigenvalue weighted by atomic mass is 10.2. The van der Waals surface area contributed by atoms with Crippen molar-refractivity contribution in [1.29, 1.82) is 0 Å². The predicted molar refractivity (Wildman–Crippen MR) is 56.0 cm³/mol. The van der Waals surface area contributed by atoms with Crippen LogP contribution >= 0.6 is 0 Å². The van der Waals surface area contributed by atoms with E-state index in [4.69, 9.17) is 10.2 Å². The highest BCUT2D eigenvalue weighted by Gasteiger charge is 2.13. The molecule has 0 atom stereocenters. The summed E-state index contributed by atoms with van der Waals surface area (Å²) < 4.78 is 0. The topological polar surface area (TPSA) is 94.9 Å². The predicted octanol–water partition coefficient (Wildman–Crippen LogP) is 0.564. The van der Waals surface area contributed by atoms with Gasteiger partial charge in [-0.2, -0.15) is 0 Å². The zero-order valence-electron chi connectivity index (χ0n) is 9.31. The highest BCUT2D eigenvalue weighted by molar-refractivity contribution is 5.76. The second-order valence-corrected chi connectivity index (χ2v) is 3.38. The van der Waals surface area contributed by atoms with Gasteiger partial charge in [-0.05, 0) is 6.42 Å². The summed E-state index contributed by atoms with van der Waals surface area (Å²) in [5.74, 6) is -2.03. The van der Waals surface area contributed by atoms with Crippen LogP contribution in [0.3, 0.4) is 0 Å². The second kappa shape index (κ2) is 7.67. The van der Waals surface area contributed by atoms with Gasteiger partial charge in [0.25, 0.3) is 0 Å². The van der Waals surface area contributed by atoms with E-state index in [0.29, 0.717) is 19.4 Å². The van der Waals surface area contributed by atoms with Crippen LogP contribution < -0.4 is 0 Å². The lowest BCUT2D eigenvalue weighted by Gasteiger charge is -2.20. The summed E-state index contributed by atoms with van der Waals surface area (Å²) in [5.41, 5.74) is 0. The molecule has 0 aliphatic carbocycles. The van der Waals surface area contributed by atoms with Crippen LogP contribution in [0, 0.1) is 0 Å². The molecule has 0 bridgehead atoms. The van der Waals surface area contributed by atoms with E-state index in [-0.39, 0.29) is 25.3 Å². The van der Waals surface area contributed by atoms with Gasteiger partial charge in [0.1, 0.15) is 0 Å². The number of amides is 1. The van der Waals surface area contributed by atoms with Crippen LogP contribution in [-0.4, -0.2) is 46.0 Å². The van der Waals surface area contributed by atoms with Crippen LogP contribution in [0.15, 0.2) is 0 Å². The SMILES string of the molecule is CCC(=O)N(CCCC(=O)O)CCC(=O)O. The van der Waals surface area contributed by atoms with Gasteiger partial charge in [0.2, 0.25) is 5.91 Å². The molecule has 0 aromatic rings. The number of rotatable bonds is 8. The summed E-state index contributed by atoms with van der Waals surface area (Å²) in [6.45, 7) is 2.13. The van der Waals surface area contributed by atoms with Gasteiger partial charge in [-0.25, -0.2) is 0 Å². The largest absolute Gasteiger partial charge is 0.481 e. The zero-order valence-corrected chi connectivity index (χ0v) is 9.31.